The molecule has 1 saturated heterocycles. The molecule has 0 bridgehead atoms. The van der Waals surface area contributed by atoms with E-state index in [-0.39, 0.29) is 12.1 Å². The number of ether oxygens (including phenoxy) is 1. The summed E-state index contributed by atoms with van der Waals surface area (Å²) in [5, 5.41) is 0. The van der Waals surface area contributed by atoms with Crippen LogP contribution in [-0.2, 0) is 11.3 Å². The quantitative estimate of drug-likeness (QED) is 0.845. The number of nitrogens with zero attached hydrogens (tertiary/aromatic N) is 1. The Labute approximate surface area is 101 Å². The standard InChI is InChI=1S/C13H18N2O2/c1-10-7-15(8-12(10)14)13(16)17-9-11-5-3-2-4-6-11/h2-6,10,12H,7-9,14H2,1H3. The van der Waals surface area contributed by atoms with Crippen molar-refractivity contribution in [2.45, 2.75) is 19.6 Å². The molecule has 1 aliphatic heterocycles. The molecular formula is C13H18N2O2. The van der Waals surface area contributed by atoms with E-state index in [1.54, 1.807) is 4.90 Å². The number of carbonyl (C=O) groups is 1. The molecule has 1 aromatic rings. The second kappa shape index (κ2) is 5.19. The van der Waals surface area contributed by atoms with Gasteiger partial charge in [0.15, 0.2) is 0 Å². The summed E-state index contributed by atoms with van der Waals surface area (Å²) in [4.78, 5) is 13.4. The monoisotopic (exact) mass is 234 g/mol. The van der Waals surface area contributed by atoms with Gasteiger partial charge in [0.05, 0.1) is 0 Å². The van der Waals surface area contributed by atoms with E-state index in [0.29, 0.717) is 25.6 Å². The Kier molecular flexibility index (Phi) is 3.64. The van der Waals surface area contributed by atoms with Crippen molar-refractivity contribution in [2.75, 3.05) is 13.1 Å². The molecule has 0 aromatic heterocycles. The van der Waals surface area contributed by atoms with E-state index in [0.717, 1.165) is 5.56 Å². The molecule has 0 aliphatic carbocycles. The van der Waals surface area contributed by atoms with E-state index in [4.69, 9.17) is 10.5 Å². The summed E-state index contributed by atoms with van der Waals surface area (Å²) in [6.07, 6.45) is -0.270. The molecule has 92 valence electrons. The van der Waals surface area contributed by atoms with Crippen LogP contribution in [0.15, 0.2) is 30.3 Å². The van der Waals surface area contributed by atoms with Crippen LogP contribution in [0.2, 0.25) is 0 Å². The number of hydrogen-bond donors (Lipinski definition) is 1. The van der Waals surface area contributed by atoms with Crippen LogP contribution >= 0.6 is 0 Å². The number of amides is 1. The van der Waals surface area contributed by atoms with E-state index in [1.807, 2.05) is 30.3 Å². The number of rotatable bonds is 2. The minimum atomic E-state index is -0.270. The number of likely N-dealkylation sites (tertiary alicyclic amines) is 1. The van der Waals surface area contributed by atoms with Crippen molar-refractivity contribution in [3.8, 4) is 0 Å². The SMILES string of the molecule is CC1CN(C(=O)OCc2ccccc2)CC1N. The number of hydrogen-bond acceptors (Lipinski definition) is 3. The Morgan fingerprint density at radius 1 is 1.41 bits per heavy atom. The molecule has 4 nitrogen and oxygen atoms in total. The van der Waals surface area contributed by atoms with Crippen molar-refractivity contribution < 1.29 is 9.53 Å². The first-order valence-electron chi connectivity index (χ1n) is 5.88. The zero-order valence-corrected chi connectivity index (χ0v) is 10.0. The van der Waals surface area contributed by atoms with Crippen molar-refractivity contribution in [1.82, 2.24) is 4.90 Å². The van der Waals surface area contributed by atoms with Crippen molar-refractivity contribution in [3.63, 3.8) is 0 Å². The third kappa shape index (κ3) is 2.97. The van der Waals surface area contributed by atoms with Crippen molar-refractivity contribution in [3.05, 3.63) is 35.9 Å². The fraction of sp³-hybridized carbons (Fsp3) is 0.462. The third-order valence-electron chi connectivity index (χ3n) is 3.13. The smallest absolute Gasteiger partial charge is 0.410 e. The van der Waals surface area contributed by atoms with Crippen LogP contribution in [0.5, 0.6) is 0 Å². The Morgan fingerprint density at radius 2 is 2.12 bits per heavy atom. The molecule has 2 N–H and O–H groups in total. The van der Waals surface area contributed by atoms with Gasteiger partial charge in [-0.05, 0) is 11.5 Å². The van der Waals surface area contributed by atoms with E-state index in [1.165, 1.54) is 0 Å². The Balaban J connectivity index is 1.82. The molecule has 1 amide bonds. The van der Waals surface area contributed by atoms with Gasteiger partial charge in [0.25, 0.3) is 0 Å². The zero-order valence-electron chi connectivity index (χ0n) is 10.0. The summed E-state index contributed by atoms with van der Waals surface area (Å²) in [5.41, 5.74) is 6.86. The van der Waals surface area contributed by atoms with Gasteiger partial charge in [-0.1, -0.05) is 37.3 Å². The maximum atomic E-state index is 11.8. The molecule has 4 heteroatoms. The molecule has 17 heavy (non-hydrogen) atoms. The summed E-state index contributed by atoms with van der Waals surface area (Å²) in [6, 6.07) is 9.73. The molecule has 2 atom stereocenters. The van der Waals surface area contributed by atoms with Gasteiger partial charge in [-0.2, -0.15) is 0 Å². The highest BCUT2D eigenvalue weighted by molar-refractivity contribution is 5.68. The lowest BCUT2D eigenvalue weighted by Crippen LogP contribution is -2.32. The van der Waals surface area contributed by atoms with Crippen LogP contribution < -0.4 is 5.73 Å². The maximum Gasteiger partial charge on any atom is 0.410 e. The molecule has 1 heterocycles. The van der Waals surface area contributed by atoms with Crippen LogP contribution in [0.25, 0.3) is 0 Å². The van der Waals surface area contributed by atoms with Gasteiger partial charge >= 0.3 is 6.09 Å². The Hall–Kier alpha value is -1.55. The number of nitrogens with two attached hydrogens (primary N) is 1. The Bertz CT molecular complexity index is 370. The van der Waals surface area contributed by atoms with Gasteiger partial charge in [-0.3, -0.25) is 0 Å². The molecule has 1 aromatic carbocycles. The van der Waals surface area contributed by atoms with E-state index >= 15 is 0 Å². The summed E-state index contributed by atoms with van der Waals surface area (Å²) in [5.74, 6) is 0.347. The predicted molar refractivity (Wildman–Crippen MR) is 65.3 cm³/mol. The molecule has 1 aliphatic rings. The highest BCUT2D eigenvalue weighted by Gasteiger charge is 2.30. The molecule has 0 radical (unpaired) electrons. The van der Waals surface area contributed by atoms with Crippen molar-refractivity contribution in [1.29, 1.82) is 0 Å². The van der Waals surface area contributed by atoms with E-state index in [9.17, 15) is 4.79 Å². The molecule has 0 saturated carbocycles. The third-order valence-corrected chi connectivity index (χ3v) is 3.13. The van der Waals surface area contributed by atoms with Gasteiger partial charge in [0, 0.05) is 19.1 Å². The first kappa shape index (κ1) is 11.9. The van der Waals surface area contributed by atoms with Gasteiger partial charge in [0.1, 0.15) is 6.61 Å². The summed E-state index contributed by atoms with van der Waals surface area (Å²) in [6.45, 7) is 3.65. The molecule has 1 fully saturated rings. The average Bonchev–Trinajstić information content (AvgIpc) is 2.68. The summed E-state index contributed by atoms with van der Waals surface area (Å²) >= 11 is 0. The minimum absolute atomic E-state index is 0.0688. The topological polar surface area (TPSA) is 55.6 Å². The molecule has 0 spiro atoms. The number of carbonyl (C=O) groups excluding carboxylic acids is 1. The number of benzene rings is 1. The normalized spacial score (nSPS) is 23.8. The predicted octanol–water partition coefficient (Wildman–Crippen LogP) is 1.60. The van der Waals surface area contributed by atoms with Crippen LogP contribution in [-0.4, -0.2) is 30.1 Å². The fourth-order valence-corrected chi connectivity index (χ4v) is 1.95. The highest BCUT2D eigenvalue weighted by Crippen LogP contribution is 2.15. The van der Waals surface area contributed by atoms with E-state index in [2.05, 4.69) is 6.92 Å². The van der Waals surface area contributed by atoms with Crippen molar-refractivity contribution >= 4 is 6.09 Å². The maximum absolute atomic E-state index is 11.8. The van der Waals surface area contributed by atoms with Crippen LogP contribution in [0, 0.1) is 5.92 Å². The Morgan fingerprint density at radius 3 is 2.71 bits per heavy atom. The van der Waals surface area contributed by atoms with Crippen LogP contribution in [0.3, 0.4) is 0 Å². The second-order valence-corrected chi connectivity index (χ2v) is 4.59. The molecule has 2 rings (SSSR count). The van der Waals surface area contributed by atoms with Gasteiger partial charge in [-0.25, -0.2) is 4.79 Å². The largest absolute Gasteiger partial charge is 0.445 e. The lowest BCUT2D eigenvalue weighted by molar-refractivity contribution is 0.103. The van der Waals surface area contributed by atoms with Gasteiger partial charge in [0.2, 0.25) is 0 Å². The molecule has 2 unspecified atom stereocenters. The average molecular weight is 234 g/mol. The van der Waals surface area contributed by atoms with Gasteiger partial charge in [-0.15, -0.1) is 0 Å². The summed E-state index contributed by atoms with van der Waals surface area (Å²) in [7, 11) is 0. The lowest BCUT2D eigenvalue weighted by atomic mass is 10.1. The van der Waals surface area contributed by atoms with E-state index < -0.39 is 0 Å². The minimum Gasteiger partial charge on any atom is -0.445 e. The summed E-state index contributed by atoms with van der Waals surface area (Å²) < 4.78 is 5.24. The molecular weight excluding hydrogens is 216 g/mol. The van der Waals surface area contributed by atoms with Crippen molar-refractivity contribution in [2.24, 2.45) is 11.7 Å². The first-order chi connectivity index (χ1) is 8.16. The van der Waals surface area contributed by atoms with Crippen LogP contribution in [0.1, 0.15) is 12.5 Å². The second-order valence-electron chi connectivity index (χ2n) is 4.59. The fourth-order valence-electron chi connectivity index (χ4n) is 1.95. The van der Waals surface area contributed by atoms with Gasteiger partial charge < -0.3 is 15.4 Å². The zero-order chi connectivity index (χ0) is 12.3. The lowest BCUT2D eigenvalue weighted by Gasteiger charge is -2.15. The highest BCUT2D eigenvalue weighted by atomic mass is 16.6. The van der Waals surface area contributed by atoms with Crippen LogP contribution in [0.4, 0.5) is 4.79 Å². The first-order valence-corrected chi connectivity index (χ1v) is 5.88.